The zero-order valence-corrected chi connectivity index (χ0v) is 9.60. The maximum atomic E-state index is 10.6. The lowest BCUT2D eigenvalue weighted by atomic mass is 10.1. The van der Waals surface area contributed by atoms with Gasteiger partial charge in [0.1, 0.15) is 5.78 Å². The topological polar surface area (TPSA) is 60.4 Å². The minimum atomic E-state index is -3.28. The van der Waals surface area contributed by atoms with Crippen LogP contribution < -0.4 is 0 Å². The highest BCUT2D eigenvalue weighted by Gasteiger charge is 2.00. The maximum absolute atomic E-state index is 10.6. The number of ketones is 1. The van der Waals surface area contributed by atoms with Gasteiger partial charge in [0, 0.05) is 6.42 Å². The van der Waals surface area contributed by atoms with Crippen LogP contribution in [0, 0.1) is 0 Å². The SMILES string of the molecule is CC(=O)CCCCCCOS(C)(=O)=O. The molecule has 0 amide bonds. The number of carbonyl (C=O) groups is 1. The predicted molar refractivity (Wildman–Crippen MR) is 54.6 cm³/mol. The summed E-state index contributed by atoms with van der Waals surface area (Å²) in [6.07, 6.45) is 5.13. The molecule has 0 fully saturated rings. The first-order chi connectivity index (χ1) is 6.42. The van der Waals surface area contributed by atoms with Gasteiger partial charge in [-0.2, -0.15) is 8.42 Å². The number of hydrogen-bond acceptors (Lipinski definition) is 4. The Labute approximate surface area is 85.8 Å². The Hall–Kier alpha value is -0.420. The van der Waals surface area contributed by atoms with Gasteiger partial charge in [-0.25, -0.2) is 0 Å². The molecule has 0 unspecified atom stereocenters. The molecular weight excluding hydrogens is 204 g/mol. The summed E-state index contributed by atoms with van der Waals surface area (Å²) in [5.41, 5.74) is 0. The second-order valence-corrected chi connectivity index (χ2v) is 5.04. The summed E-state index contributed by atoms with van der Waals surface area (Å²) in [5.74, 6) is 0.206. The van der Waals surface area contributed by atoms with E-state index in [-0.39, 0.29) is 12.4 Å². The molecule has 84 valence electrons. The highest BCUT2D eigenvalue weighted by molar-refractivity contribution is 7.85. The van der Waals surface area contributed by atoms with Crippen molar-refractivity contribution in [3.05, 3.63) is 0 Å². The molecule has 0 N–H and O–H groups in total. The Kier molecular flexibility index (Phi) is 6.74. The molecule has 0 aromatic rings. The van der Waals surface area contributed by atoms with Gasteiger partial charge in [-0.1, -0.05) is 12.8 Å². The van der Waals surface area contributed by atoms with Crippen molar-refractivity contribution >= 4 is 15.9 Å². The standard InChI is InChI=1S/C9H18O4S/c1-9(10)7-5-3-4-6-8-13-14(2,11)12/h3-8H2,1-2H3. The van der Waals surface area contributed by atoms with Crippen molar-refractivity contribution in [1.29, 1.82) is 0 Å². The Morgan fingerprint density at radius 3 is 2.21 bits per heavy atom. The molecule has 14 heavy (non-hydrogen) atoms. The first-order valence-corrected chi connectivity index (χ1v) is 6.57. The molecule has 0 rings (SSSR count). The number of hydrogen-bond donors (Lipinski definition) is 0. The lowest BCUT2D eigenvalue weighted by Crippen LogP contribution is -2.03. The van der Waals surface area contributed by atoms with Crippen LogP contribution in [0.1, 0.15) is 39.0 Å². The first kappa shape index (κ1) is 13.6. The van der Waals surface area contributed by atoms with Gasteiger partial charge in [-0.3, -0.25) is 4.18 Å². The second kappa shape index (κ2) is 6.95. The van der Waals surface area contributed by atoms with E-state index in [1.54, 1.807) is 6.92 Å². The summed E-state index contributed by atoms with van der Waals surface area (Å²) in [6.45, 7) is 1.83. The molecule has 4 nitrogen and oxygen atoms in total. The predicted octanol–water partition coefficient (Wildman–Crippen LogP) is 1.50. The smallest absolute Gasteiger partial charge is 0.264 e. The van der Waals surface area contributed by atoms with E-state index in [4.69, 9.17) is 0 Å². The van der Waals surface area contributed by atoms with Gasteiger partial charge < -0.3 is 4.79 Å². The van der Waals surface area contributed by atoms with Crippen molar-refractivity contribution in [1.82, 2.24) is 0 Å². The summed E-state index contributed by atoms with van der Waals surface area (Å²) in [4.78, 5) is 10.6. The minimum absolute atomic E-state index is 0.206. The maximum Gasteiger partial charge on any atom is 0.264 e. The summed E-state index contributed by atoms with van der Waals surface area (Å²) in [5, 5.41) is 0. The fourth-order valence-corrected chi connectivity index (χ4v) is 1.46. The number of unbranched alkanes of at least 4 members (excludes halogenated alkanes) is 3. The molecule has 0 spiro atoms. The van der Waals surface area contributed by atoms with Crippen LogP contribution in [0.25, 0.3) is 0 Å². The van der Waals surface area contributed by atoms with E-state index in [0.29, 0.717) is 6.42 Å². The van der Waals surface area contributed by atoms with Gasteiger partial charge in [0.15, 0.2) is 0 Å². The van der Waals surface area contributed by atoms with Crippen molar-refractivity contribution in [2.45, 2.75) is 39.0 Å². The van der Waals surface area contributed by atoms with Crippen molar-refractivity contribution in [2.75, 3.05) is 12.9 Å². The lowest BCUT2D eigenvalue weighted by Gasteiger charge is -2.00. The van der Waals surface area contributed by atoms with Crippen LogP contribution in [-0.4, -0.2) is 27.1 Å². The average molecular weight is 222 g/mol. The molecule has 5 heteroatoms. The van der Waals surface area contributed by atoms with Crippen LogP contribution in [-0.2, 0) is 19.1 Å². The summed E-state index contributed by atoms with van der Waals surface area (Å²) >= 11 is 0. The zero-order chi connectivity index (χ0) is 11.0. The zero-order valence-electron chi connectivity index (χ0n) is 8.78. The Balaban J connectivity index is 3.19. The van der Waals surface area contributed by atoms with E-state index in [1.807, 2.05) is 0 Å². The Morgan fingerprint density at radius 2 is 1.71 bits per heavy atom. The van der Waals surface area contributed by atoms with E-state index in [0.717, 1.165) is 31.9 Å². The van der Waals surface area contributed by atoms with E-state index in [2.05, 4.69) is 4.18 Å². The van der Waals surface area contributed by atoms with Crippen LogP contribution in [0.15, 0.2) is 0 Å². The molecule has 0 radical (unpaired) electrons. The summed E-state index contributed by atoms with van der Waals surface area (Å²) < 4.78 is 25.6. The molecule has 0 heterocycles. The molecule has 0 aliphatic rings. The van der Waals surface area contributed by atoms with Crippen LogP contribution in [0.4, 0.5) is 0 Å². The third kappa shape index (κ3) is 11.6. The van der Waals surface area contributed by atoms with E-state index in [1.165, 1.54) is 0 Å². The Bertz CT molecular complexity index is 256. The summed E-state index contributed by atoms with van der Waals surface area (Å²) in [7, 11) is -3.28. The van der Waals surface area contributed by atoms with E-state index < -0.39 is 10.1 Å². The van der Waals surface area contributed by atoms with Crippen molar-refractivity contribution in [3.8, 4) is 0 Å². The highest BCUT2D eigenvalue weighted by atomic mass is 32.2. The monoisotopic (exact) mass is 222 g/mol. The van der Waals surface area contributed by atoms with E-state index >= 15 is 0 Å². The normalized spacial score (nSPS) is 11.6. The Morgan fingerprint density at radius 1 is 1.14 bits per heavy atom. The van der Waals surface area contributed by atoms with Gasteiger partial charge >= 0.3 is 0 Å². The van der Waals surface area contributed by atoms with Crippen molar-refractivity contribution < 1.29 is 17.4 Å². The van der Waals surface area contributed by atoms with Gasteiger partial charge in [-0.15, -0.1) is 0 Å². The molecule has 0 saturated heterocycles. The molecule has 0 aliphatic heterocycles. The molecule has 0 aromatic carbocycles. The largest absolute Gasteiger partial charge is 0.300 e. The quantitative estimate of drug-likeness (QED) is 0.461. The molecule has 0 aromatic heterocycles. The van der Waals surface area contributed by atoms with E-state index in [9.17, 15) is 13.2 Å². The third-order valence-corrected chi connectivity index (χ3v) is 2.32. The molecular formula is C9H18O4S. The molecule has 0 aliphatic carbocycles. The number of carbonyl (C=O) groups excluding carboxylic acids is 1. The van der Waals surface area contributed by atoms with Crippen LogP contribution in [0.2, 0.25) is 0 Å². The van der Waals surface area contributed by atoms with Crippen molar-refractivity contribution in [3.63, 3.8) is 0 Å². The minimum Gasteiger partial charge on any atom is -0.300 e. The van der Waals surface area contributed by atoms with Gasteiger partial charge in [0.2, 0.25) is 0 Å². The lowest BCUT2D eigenvalue weighted by molar-refractivity contribution is -0.117. The second-order valence-electron chi connectivity index (χ2n) is 3.39. The van der Waals surface area contributed by atoms with Gasteiger partial charge in [0.05, 0.1) is 12.9 Å². The number of Topliss-reactive ketones (excluding diaryl/α,β-unsaturated/α-hetero) is 1. The van der Waals surface area contributed by atoms with Gasteiger partial charge in [-0.05, 0) is 19.8 Å². The molecule has 0 atom stereocenters. The fraction of sp³-hybridized carbons (Fsp3) is 0.889. The first-order valence-electron chi connectivity index (χ1n) is 4.75. The van der Waals surface area contributed by atoms with Crippen molar-refractivity contribution in [2.24, 2.45) is 0 Å². The average Bonchev–Trinajstić information content (AvgIpc) is 2.00. The molecule has 0 saturated carbocycles. The fourth-order valence-electron chi connectivity index (χ4n) is 1.04. The van der Waals surface area contributed by atoms with Crippen LogP contribution in [0.3, 0.4) is 0 Å². The number of rotatable bonds is 8. The highest BCUT2D eigenvalue weighted by Crippen LogP contribution is 2.04. The van der Waals surface area contributed by atoms with Gasteiger partial charge in [0.25, 0.3) is 10.1 Å². The summed E-state index contributed by atoms with van der Waals surface area (Å²) in [6, 6.07) is 0. The van der Waals surface area contributed by atoms with Crippen LogP contribution >= 0.6 is 0 Å². The van der Waals surface area contributed by atoms with Crippen LogP contribution in [0.5, 0.6) is 0 Å². The third-order valence-electron chi connectivity index (χ3n) is 1.72. The molecule has 0 bridgehead atoms.